The Morgan fingerprint density at radius 2 is 1.77 bits per heavy atom. The lowest BCUT2D eigenvalue weighted by Gasteiger charge is -2.16. The Bertz CT molecular complexity index is 719. The number of carbonyl (C=O) groups is 2. The van der Waals surface area contributed by atoms with Gasteiger partial charge in [-0.25, -0.2) is 4.79 Å². The number of benzene rings is 2. The van der Waals surface area contributed by atoms with Gasteiger partial charge in [-0.05, 0) is 43.3 Å². The maximum absolute atomic E-state index is 11.9. The number of nitrogens with zero attached hydrogens (tertiary/aromatic N) is 1. The van der Waals surface area contributed by atoms with Crippen LogP contribution in [-0.2, 0) is 17.8 Å². The van der Waals surface area contributed by atoms with E-state index in [1.165, 1.54) is 5.56 Å². The van der Waals surface area contributed by atoms with E-state index < -0.39 is 5.97 Å². The zero-order valence-electron chi connectivity index (χ0n) is 14.9. The van der Waals surface area contributed by atoms with E-state index in [2.05, 4.69) is 34.7 Å². The fourth-order valence-corrected chi connectivity index (χ4v) is 2.63. The molecule has 0 atom stereocenters. The van der Waals surface area contributed by atoms with Crippen LogP contribution in [0, 0.1) is 0 Å². The maximum Gasteiger partial charge on any atom is 0.319 e. The van der Waals surface area contributed by atoms with Crippen molar-refractivity contribution in [2.45, 2.75) is 19.4 Å². The van der Waals surface area contributed by atoms with Gasteiger partial charge in [0.1, 0.15) is 0 Å². The Hall–Kier alpha value is -2.86. The fraction of sp³-hybridized carbons (Fsp3) is 0.300. The summed E-state index contributed by atoms with van der Waals surface area (Å²) in [6, 6.07) is 16.8. The first-order chi connectivity index (χ1) is 12.5. The van der Waals surface area contributed by atoms with E-state index in [0.29, 0.717) is 17.8 Å². The van der Waals surface area contributed by atoms with Crippen molar-refractivity contribution >= 4 is 17.7 Å². The predicted octanol–water partition coefficient (Wildman–Crippen LogP) is 2.96. The van der Waals surface area contributed by atoms with Crippen LogP contribution in [0.4, 0.5) is 10.5 Å². The summed E-state index contributed by atoms with van der Waals surface area (Å²) >= 11 is 0. The summed E-state index contributed by atoms with van der Waals surface area (Å²) in [5.74, 6) is -0.897. The highest BCUT2D eigenvalue weighted by molar-refractivity contribution is 5.89. The van der Waals surface area contributed by atoms with Gasteiger partial charge in [-0.3, -0.25) is 4.79 Å². The average Bonchev–Trinajstić information content (AvgIpc) is 2.59. The standard InChI is InChI=1S/C20H25N3O3/c1-23(15-16-7-3-2-4-8-16)12-6-11-21-20(26)22-18-10-5-9-17(13-18)14-19(24)25/h2-5,7-10,13H,6,11-12,14-15H2,1H3,(H,24,25)(H2,21,22,26). The molecule has 0 aliphatic carbocycles. The molecule has 26 heavy (non-hydrogen) atoms. The number of anilines is 1. The molecule has 0 aliphatic heterocycles. The topological polar surface area (TPSA) is 81.7 Å². The summed E-state index contributed by atoms with van der Waals surface area (Å²) in [5, 5.41) is 14.4. The van der Waals surface area contributed by atoms with Crippen LogP contribution in [0.25, 0.3) is 0 Å². The third-order valence-corrected chi connectivity index (χ3v) is 3.84. The van der Waals surface area contributed by atoms with Crippen molar-refractivity contribution < 1.29 is 14.7 Å². The highest BCUT2D eigenvalue weighted by Gasteiger charge is 2.05. The molecule has 0 spiro atoms. The highest BCUT2D eigenvalue weighted by atomic mass is 16.4. The van der Waals surface area contributed by atoms with E-state index in [1.807, 2.05) is 18.2 Å². The molecule has 138 valence electrons. The summed E-state index contributed by atoms with van der Waals surface area (Å²) in [6.07, 6.45) is 0.778. The van der Waals surface area contributed by atoms with Crippen LogP contribution < -0.4 is 10.6 Å². The largest absolute Gasteiger partial charge is 0.481 e. The Morgan fingerprint density at radius 3 is 2.50 bits per heavy atom. The second-order valence-electron chi connectivity index (χ2n) is 6.23. The Labute approximate surface area is 153 Å². The van der Waals surface area contributed by atoms with Crippen LogP contribution >= 0.6 is 0 Å². The van der Waals surface area contributed by atoms with Crippen LogP contribution in [0.5, 0.6) is 0 Å². The van der Waals surface area contributed by atoms with Crippen LogP contribution in [0.15, 0.2) is 54.6 Å². The molecule has 2 amide bonds. The molecule has 0 unspecified atom stereocenters. The number of carboxylic acids is 1. The first-order valence-electron chi connectivity index (χ1n) is 8.61. The lowest BCUT2D eigenvalue weighted by Crippen LogP contribution is -2.31. The van der Waals surface area contributed by atoms with Crippen molar-refractivity contribution in [1.82, 2.24) is 10.2 Å². The van der Waals surface area contributed by atoms with Crippen LogP contribution in [-0.4, -0.2) is 42.1 Å². The minimum Gasteiger partial charge on any atom is -0.481 e. The summed E-state index contributed by atoms with van der Waals surface area (Å²) in [6.45, 7) is 2.33. The lowest BCUT2D eigenvalue weighted by molar-refractivity contribution is -0.136. The second-order valence-corrected chi connectivity index (χ2v) is 6.23. The van der Waals surface area contributed by atoms with Crippen LogP contribution in [0.1, 0.15) is 17.5 Å². The van der Waals surface area contributed by atoms with Crippen molar-refractivity contribution in [3.8, 4) is 0 Å². The first-order valence-corrected chi connectivity index (χ1v) is 8.61. The Morgan fingerprint density at radius 1 is 1.04 bits per heavy atom. The van der Waals surface area contributed by atoms with Crippen LogP contribution in [0.3, 0.4) is 0 Å². The van der Waals surface area contributed by atoms with Gasteiger partial charge in [0.25, 0.3) is 0 Å². The number of aliphatic carboxylic acids is 1. The van der Waals surface area contributed by atoms with Crippen molar-refractivity contribution in [2.24, 2.45) is 0 Å². The maximum atomic E-state index is 11.9. The monoisotopic (exact) mass is 355 g/mol. The van der Waals surface area contributed by atoms with Gasteiger partial charge in [-0.2, -0.15) is 0 Å². The molecule has 0 bridgehead atoms. The van der Waals surface area contributed by atoms with E-state index >= 15 is 0 Å². The number of nitrogens with one attached hydrogen (secondary N) is 2. The van der Waals surface area contributed by atoms with Crippen molar-refractivity contribution in [3.63, 3.8) is 0 Å². The fourth-order valence-electron chi connectivity index (χ4n) is 2.63. The SMILES string of the molecule is CN(CCCNC(=O)Nc1cccc(CC(=O)O)c1)Cc1ccccc1. The zero-order valence-corrected chi connectivity index (χ0v) is 14.9. The van der Waals surface area contributed by atoms with Gasteiger partial charge in [-0.15, -0.1) is 0 Å². The third kappa shape index (κ3) is 7.36. The number of carboxylic acid groups (broad SMARTS) is 1. The average molecular weight is 355 g/mol. The zero-order chi connectivity index (χ0) is 18.8. The highest BCUT2D eigenvalue weighted by Crippen LogP contribution is 2.11. The molecule has 0 fully saturated rings. The minimum absolute atomic E-state index is 0.0646. The molecular formula is C20H25N3O3. The van der Waals surface area contributed by atoms with E-state index in [4.69, 9.17) is 5.11 Å². The number of rotatable bonds is 9. The lowest BCUT2D eigenvalue weighted by atomic mass is 10.1. The third-order valence-electron chi connectivity index (χ3n) is 3.84. The van der Waals surface area contributed by atoms with E-state index in [9.17, 15) is 9.59 Å². The number of hydrogen-bond acceptors (Lipinski definition) is 3. The molecule has 0 heterocycles. The van der Waals surface area contributed by atoms with Gasteiger partial charge in [0.05, 0.1) is 6.42 Å². The Kier molecular flexibility index (Phi) is 7.64. The molecule has 6 heteroatoms. The Balaban J connectivity index is 1.66. The number of hydrogen-bond donors (Lipinski definition) is 3. The smallest absolute Gasteiger partial charge is 0.319 e. The van der Waals surface area contributed by atoms with Gasteiger partial charge < -0.3 is 20.6 Å². The van der Waals surface area contributed by atoms with Gasteiger partial charge in [0, 0.05) is 18.8 Å². The molecule has 0 radical (unpaired) electrons. The van der Waals surface area contributed by atoms with Gasteiger partial charge >= 0.3 is 12.0 Å². The second kappa shape index (κ2) is 10.2. The molecule has 0 aromatic heterocycles. The summed E-state index contributed by atoms with van der Waals surface area (Å²) < 4.78 is 0. The van der Waals surface area contributed by atoms with E-state index in [0.717, 1.165) is 19.5 Å². The summed E-state index contributed by atoms with van der Waals surface area (Å²) in [5.41, 5.74) is 2.50. The molecule has 0 saturated carbocycles. The van der Waals surface area contributed by atoms with Crippen molar-refractivity contribution in [1.29, 1.82) is 0 Å². The molecule has 0 saturated heterocycles. The quantitative estimate of drug-likeness (QED) is 0.604. The van der Waals surface area contributed by atoms with Gasteiger partial charge in [0.15, 0.2) is 0 Å². The molecule has 2 aromatic carbocycles. The van der Waals surface area contributed by atoms with Gasteiger partial charge in [-0.1, -0.05) is 42.5 Å². The van der Waals surface area contributed by atoms with Crippen LogP contribution in [0.2, 0.25) is 0 Å². The molecule has 6 nitrogen and oxygen atoms in total. The number of carbonyl (C=O) groups excluding carboxylic acids is 1. The first kappa shape index (κ1) is 19.5. The summed E-state index contributed by atoms with van der Waals surface area (Å²) in [4.78, 5) is 24.9. The van der Waals surface area contributed by atoms with Crippen molar-refractivity contribution in [3.05, 3.63) is 65.7 Å². The normalized spacial score (nSPS) is 10.5. The summed E-state index contributed by atoms with van der Waals surface area (Å²) in [7, 11) is 2.06. The molecule has 2 aromatic rings. The molecule has 0 aliphatic rings. The minimum atomic E-state index is -0.897. The predicted molar refractivity (Wildman–Crippen MR) is 102 cm³/mol. The van der Waals surface area contributed by atoms with Gasteiger partial charge in [0.2, 0.25) is 0 Å². The number of urea groups is 1. The van der Waals surface area contributed by atoms with E-state index in [1.54, 1.807) is 24.3 Å². The molecular weight excluding hydrogens is 330 g/mol. The van der Waals surface area contributed by atoms with Crippen molar-refractivity contribution in [2.75, 3.05) is 25.5 Å². The van der Waals surface area contributed by atoms with E-state index in [-0.39, 0.29) is 12.5 Å². The molecule has 3 N–H and O–H groups in total. The molecule has 2 rings (SSSR count). The number of amides is 2.